The number of nitrogens with two attached hydrogens (primary N) is 1. The summed E-state index contributed by atoms with van der Waals surface area (Å²) in [5, 5.41) is 0. The third-order valence-electron chi connectivity index (χ3n) is 5.06. The average Bonchev–Trinajstić information content (AvgIpc) is 2.75. The van der Waals surface area contributed by atoms with E-state index in [0.29, 0.717) is 12.5 Å². The fraction of sp³-hybridized carbons (Fsp3) is 0.933. The monoisotopic (exact) mass is 252 g/mol. The number of hydrogen-bond acceptors (Lipinski definition) is 2. The molecule has 3 heteroatoms. The molecule has 1 atom stereocenters. The Labute approximate surface area is 111 Å². The topological polar surface area (TPSA) is 46.3 Å². The highest BCUT2D eigenvalue weighted by molar-refractivity contribution is 5.83. The molecule has 1 aliphatic carbocycles. The van der Waals surface area contributed by atoms with Crippen LogP contribution in [0.5, 0.6) is 0 Å². The molecule has 2 fully saturated rings. The van der Waals surface area contributed by atoms with Crippen molar-refractivity contribution in [2.45, 2.75) is 58.3 Å². The molecule has 0 aromatic rings. The van der Waals surface area contributed by atoms with Gasteiger partial charge in [0.05, 0.1) is 5.41 Å². The summed E-state index contributed by atoms with van der Waals surface area (Å²) in [6.45, 7) is 4.69. The molecule has 0 aromatic carbocycles. The Morgan fingerprint density at radius 1 is 1.28 bits per heavy atom. The zero-order chi connectivity index (χ0) is 13.0. The Morgan fingerprint density at radius 2 is 1.94 bits per heavy atom. The molecule has 1 aliphatic heterocycles. The fourth-order valence-electron chi connectivity index (χ4n) is 3.60. The van der Waals surface area contributed by atoms with Gasteiger partial charge in [0.15, 0.2) is 0 Å². The van der Waals surface area contributed by atoms with Crippen molar-refractivity contribution in [1.82, 2.24) is 4.90 Å². The van der Waals surface area contributed by atoms with Crippen molar-refractivity contribution in [3.8, 4) is 0 Å². The highest BCUT2D eigenvalue weighted by atomic mass is 16.2. The van der Waals surface area contributed by atoms with E-state index in [0.717, 1.165) is 31.8 Å². The summed E-state index contributed by atoms with van der Waals surface area (Å²) in [6.07, 6.45) is 9.29. The number of rotatable bonds is 3. The molecule has 2 aliphatic rings. The predicted molar refractivity (Wildman–Crippen MR) is 74.2 cm³/mol. The lowest BCUT2D eigenvalue weighted by molar-refractivity contribution is -0.141. The van der Waals surface area contributed by atoms with Crippen LogP contribution in [0.25, 0.3) is 0 Å². The highest BCUT2D eigenvalue weighted by Gasteiger charge is 2.41. The molecule has 0 spiro atoms. The summed E-state index contributed by atoms with van der Waals surface area (Å²) in [4.78, 5) is 14.9. The molecule has 0 aromatic heterocycles. The number of hydrogen-bond donors (Lipinski definition) is 1. The van der Waals surface area contributed by atoms with Gasteiger partial charge in [0.2, 0.25) is 5.91 Å². The first-order valence-electron chi connectivity index (χ1n) is 7.71. The van der Waals surface area contributed by atoms with E-state index in [1.54, 1.807) is 0 Å². The number of nitrogens with zero attached hydrogens (tertiary/aromatic N) is 1. The zero-order valence-corrected chi connectivity index (χ0v) is 11.8. The van der Waals surface area contributed by atoms with Gasteiger partial charge in [-0.1, -0.05) is 39.0 Å². The molecule has 0 bridgehead atoms. The van der Waals surface area contributed by atoms with Gasteiger partial charge in [-0.2, -0.15) is 0 Å². The van der Waals surface area contributed by atoms with Gasteiger partial charge in [-0.15, -0.1) is 0 Å². The Bertz CT molecular complexity index is 282. The van der Waals surface area contributed by atoms with E-state index in [4.69, 9.17) is 5.73 Å². The molecule has 1 heterocycles. The fourth-order valence-corrected chi connectivity index (χ4v) is 3.60. The summed E-state index contributed by atoms with van der Waals surface area (Å²) < 4.78 is 0. The highest BCUT2D eigenvalue weighted by Crippen LogP contribution is 2.37. The SMILES string of the molecule is CCC1CCN(C(=O)C2(CN)CCCCCC2)C1. The molecule has 104 valence electrons. The van der Waals surface area contributed by atoms with Crippen molar-refractivity contribution >= 4 is 5.91 Å². The van der Waals surface area contributed by atoms with Crippen LogP contribution in [0.2, 0.25) is 0 Å². The van der Waals surface area contributed by atoms with E-state index in [1.165, 1.54) is 38.5 Å². The second-order valence-electron chi connectivity index (χ2n) is 6.21. The first-order valence-corrected chi connectivity index (χ1v) is 7.71. The van der Waals surface area contributed by atoms with Gasteiger partial charge in [0, 0.05) is 19.6 Å². The minimum absolute atomic E-state index is 0.223. The summed E-state index contributed by atoms with van der Waals surface area (Å²) >= 11 is 0. The van der Waals surface area contributed by atoms with Crippen LogP contribution < -0.4 is 5.73 Å². The van der Waals surface area contributed by atoms with E-state index >= 15 is 0 Å². The van der Waals surface area contributed by atoms with Crippen LogP contribution >= 0.6 is 0 Å². The summed E-state index contributed by atoms with van der Waals surface area (Å²) in [5.41, 5.74) is 5.77. The number of carbonyl (C=O) groups excluding carboxylic acids is 1. The van der Waals surface area contributed by atoms with Crippen LogP contribution in [0, 0.1) is 11.3 Å². The molecule has 18 heavy (non-hydrogen) atoms. The Hall–Kier alpha value is -0.570. The van der Waals surface area contributed by atoms with Crippen LogP contribution in [-0.2, 0) is 4.79 Å². The van der Waals surface area contributed by atoms with Gasteiger partial charge in [-0.3, -0.25) is 4.79 Å². The summed E-state index contributed by atoms with van der Waals surface area (Å²) in [5.74, 6) is 1.08. The van der Waals surface area contributed by atoms with Gasteiger partial charge in [-0.05, 0) is 25.2 Å². The maximum Gasteiger partial charge on any atom is 0.230 e. The number of amides is 1. The Kier molecular flexibility index (Phi) is 4.66. The molecule has 1 saturated carbocycles. The first-order chi connectivity index (χ1) is 8.72. The number of carbonyl (C=O) groups is 1. The average molecular weight is 252 g/mol. The normalized spacial score (nSPS) is 28.1. The van der Waals surface area contributed by atoms with E-state index in [2.05, 4.69) is 11.8 Å². The third kappa shape index (κ3) is 2.71. The van der Waals surface area contributed by atoms with Gasteiger partial charge in [-0.25, -0.2) is 0 Å². The minimum atomic E-state index is -0.223. The van der Waals surface area contributed by atoms with E-state index in [-0.39, 0.29) is 5.41 Å². The maximum absolute atomic E-state index is 12.8. The second-order valence-corrected chi connectivity index (χ2v) is 6.21. The van der Waals surface area contributed by atoms with Gasteiger partial charge >= 0.3 is 0 Å². The first kappa shape index (κ1) is 13.9. The Balaban J connectivity index is 2.04. The molecule has 3 nitrogen and oxygen atoms in total. The van der Waals surface area contributed by atoms with Crippen LogP contribution in [0.4, 0.5) is 0 Å². The molecule has 2 N–H and O–H groups in total. The third-order valence-corrected chi connectivity index (χ3v) is 5.06. The van der Waals surface area contributed by atoms with E-state index in [1.807, 2.05) is 0 Å². The number of likely N-dealkylation sites (tertiary alicyclic amines) is 1. The maximum atomic E-state index is 12.8. The van der Waals surface area contributed by atoms with Crippen LogP contribution in [-0.4, -0.2) is 30.4 Å². The van der Waals surface area contributed by atoms with Crippen molar-refractivity contribution in [3.05, 3.63) is 0 Å². The predicted octanol–water partition coefficient (Wildman–Crippen LogP) is 2.54. The lowest BCUT2D eigenvalue weighted by Crippen LogP contribution is -2.47. The van der Waals surface area contributed by atoms with Gasteiger partial charge in [0.25, 0.3) is 0 Å². The lowest BCUT2D eigenvalue weighted by atomic mass is 9.79. The minimum Gasteiger partial charge on any atom is -0.342 e. The molecule has 1 unspecified atom stereocenters. The Morgan fingerprint density at radius 3 is 2.44 bits per heavy atom. The van der Waals surface area contributed by atoms with Crippen LogP contribution in [0.15, 0.2) is 0 Å². The van der Waals surface area contributed by atoms with Crippen molar-refractivity contribution in [1.29, 1.82) is 0 Å². The van der Waals surface area contributed by atoms with Crippen molar-refractivity contribution in [2.24, 2.45) is 17.1 Å². The smallest absolute Gasteiger partial charge is 0.230 e. The van der Waals surface area contributed by atoms with Crippen molar-refractivity contribution in [3.63, 3.8) is 0 Å². The van der Waals surface area contributed by atoms with Crippen molar-refractivity contribution < 1.29 is 4.79 Å². The van der Waals surface area contributed by atoms with Crippen LogP contribution in [0.1, 0.15) is 58.3 Å². The summed E-state index contributed by atoms with van der Waals surface area (Å²) in [7, 11) is 0. The van der Waals surface area contributed by atoms with Crippen molar-refractivity contribution in [2.75, 3.05) is 19.6 Å². The van der Waals surface area contributed by atoms with Gasteiger partial charge in [0.1, 0.15) is 0 Å². The van der Waals surface area contributed by atoms with E-state index in [9.17, 15) is 4.79 Å². The molecule has 1 saturated heterocycles. The lowest BCUT2D eigenvalue weighted by Gasteiger charge is -2.34. The van der Waals surface area contributed by atoms with Crippen LogP contribution in [0.3, 0.4) is 0 Å². The molecular weight excluding hydrogens is 224 g/mol. The molecule has 1 amide bonds. The van der Waals surface area contributed by atoms with E-state index < -0.39 is 0 Å². The summed E-state index contributed by atoms with van der Waals surface area (Å²) in [6, 6.07) is 0. The second kappa shape index (κ2) is 6.05. The zero-order valence-electron chi connectivity index (χ0n) is 11.8. The standard InChI is InChI=1S/C15H28N2O/c1-2-13-7-10-17(11-13)14(18)15(12-16)8-5-3-4-6-9-15/h13H,2-12,16H2,1H3. The molecule has 2 rings (SSSR count). The quantitative estimate of drug-likeness (QED) is 0.785. The molecular formula is C15H28N2O. The van der Waals surface area contributed by atoms with Gasteiger partial charge < -0.3 is 10.6 Å². The largest absolute Gasteiger partial charge is 0.342 e. The molecule has 0 radical (unpaired) electrons.